The number of fused-ring (bicyclic) bond motifs is 2. The number of amides is 2. The van der Waals surface area contributed by atoms with E-state index in [9.17, 15) is 9.59 Å². The maximum atomic E-state index is 13.3. The van der Waals surface area contributed by atoms with E-state index in [0.717, 1.165) is 61.6 Å². The van der Waals surface area contributed by atoms with Crippen LogP contribution in [0.5, 0.6) is 0 Å². The third kappa shape index (κ3) is 4.00. The summed E-state index contributed by atoms with van der Waals surface area (Å²) >= 11 is 0. The molecule has 2 heterocycles. The lowest BCUT2D eigenvalue weighted by molar-refractivity contribution is -0.127. The summed E-state index contributed by atoms with van der Waals surface area (Å²) < 4.78 is 5.35. The summed E-state index contributed by atoms with van der Waals surface area (Å²) in [6.45, 7) is 7.84. The van der Waals surface area contributed by atoms with Crippen LogP contribution in [0.25, 0.3) is 11.1 Å². The number of hydrogen-bond acceptors (Lipinski definition) is 5. The van der Waals surface area contributed by atoms with Gasteiger partial charge in [-0.25, -0.2) is 4.98 Å². The molecule has 0 spiro atoms. The predicted octanol–water partition coefficient (Wildman–Crippen LogP) is 3.22. The molecule has 2 N–H and O–H groups in total. The van der Waals surface area contributed by atoms with Crippen LogP contribution >= 0.6 is 0 Å². The van der Waals surface area contributed by atoms with Crippen LogP contribution in [0.15, 0.2) is 4.52 Å². The molecule has 0 saturated heterocycles. The molecule has 0 unspecified atom stereocenters. The predicted molar refractivity (Wildman–Crippen MR) is 110 cm³/mol. The molecular weight excluding hydrogens is 368 g/mol. The third-order valence-electron chi connectivity index (χ3n) is 5.98. The van der Waals surface area contributed by atoms with E-state index in [1.165, 1.54) is 0 Å². The molecule has 0 radical (unpaired) electrons. The van der Waals surface area contributed by atoms with Crippen LogP contribution in [0, 0.1) is 12.8 Å². The molecule has 2 aliphatic rings. The standard InChI is InChI=1S/C22H30N4O3/c1-12-17-18(15-6-5-7-16(15)24-21(17)29-26-12)20(28)23-14-10-8-13(9-11-14)19(27)25-22(2,3)4/h13-14H,5-11H2,1-4H3,(H,23,28)(H,25,27). The molecule has 0 aromatic carbocycles. The van der Waals surface area contributed by atoms with Gasteiger partial charge in [-0.2, -0.15) is 0 Å². The van der Waals surface area contributed by atoms with Crippen LogP contribution in [0.1, 0.15) is 80.2 Å². The highest BCUT2D eigenvalue weighted by Crippen LogP contribution is 2.32. The summed E-state index contributed by atoms with van der Waals surface area (Å²) in [5.41, 5.74) is 3.63. The Kier molecular flexibility index (Phi) is 5.09. The van der Waals surface area contributed by atoms with Crippen molar-refractivity contribution in [3.05, 3.63) is 22.5 Å². The van der Waals surface area contributed by atoms with Crippen molar-refractivity contribution in [2.75, 3.05) is 0 Å². The minimum Gasteiger partial charge on any atom is -0.351 e. The van der Waals surface area contributed by atoms with Crippen LogP contribution in [0.4, 0.5) is 0 Å². The Balaban J connectivity index is 1.47. The molecule has 2 aromatic heterocycles. The Morgan fingerprint density at radius 2 is 1.83 bits per heavy atom. The molecule has 2 amide bonds. The number of carbonyl (C=O) groups is 2. The Morgan fingerprint density at radius 1 is 1.10 bits per heavy atom. The summed E-state index contributed by atoms with van der Waals surface area (Å²) in [5, 5.41) is 11.0. The van der Waals surface area contributed by atoms with Gasteiger partial charge in [-0.3, -0.25) is 9.59 Å². The number of pyridine rings is 1. The number of hydrogen-bond donors (Lipinski definition) is 2. The normalized spacial score (nSPS) is 21.8. The molecular formula is C22H30N4O3. The molecule has 7 heteroatoms. The highest BCUT2D eigenvalue weighted by molar-refractivity contribution is 6.07. The zero-order chi connectivity index (χ0) is 20.8. The van der Waals surface area contributed by atoms with Crippen molar-refractivity contribution in [1.29, 1.82) is 0 Å². The van der Waals surface area contributed by atoms with E-state index < -0.39 is 0 Å². The van der Waals surface area contributed by atoms with Gasteiger partial charge in [0.2, 0.25) is 5.91 Å². The fourth-order valence-electron chi connectivity index (χ4n) is 4.60. The smallest absolute Gasteiger partial charge is 0.259 e. The highest BCUT2D eigenvalue weighted by atomic mass is 16.5. The van der Waals surface area contributed by atoms with Crippen molar-refractivity contribution in [2.45, 2.75) is 84.2 Å². The van der Waals surface area contributed by atoms with Gasteiger partial charge in [0, 0.05) is 23.2 Å². The van der Waals surface area contributed by atoms with E-state index >= 15 is 0 Å². The molecule has 0 atom stereocenters. The van der Waals surface area contributed by atoms with E-state index in [1.54, 1.807) is 0 Å². The van der Waals surface area contributed by atoms with Gasteiger partial charge in [0.15, 0.2) is 0 Å². The number of carbonyl (C=O) groups excluding carboxylic acids is 2. The van der Waals surface area contributed by atoms with Crippen LogP contribution in [0.3, 0.4) is 0 Å². The SMILES string of the molecule is Cc1noc2nc3c(c(C(=O)NC4CCC(C(=O)NC(C)(C)C)CC4)c12)CCC3. The fraction of sp³-hybridized carbons (Fsp3) is 0.636. The van der Waals surface area contributed by atoms with Crippen LogP contribution < -0.4 is 10.6 Å². The zero-order valence-electron chi connectivity index (χ0n) is 17.7. The molecule has 0 bridgehead atoms. The van der Waals surface area contributed by atoms with E-state index in [-0.39, 0.29) is 29.3 Å². The molecule has 7 nitrogen and oxygen atoms in total. The van der Waals surface area contributed by atoms with Gasteiger partial charge in [-0.05, 0) is 78.2 Å². The van der Waals surface area contributed by atoms with Crippen molar-refractivity contribution in [3.8, 4) is 0 Å². The molecule has 1 saturated carbocycles. The summed E-state index contributed by atoms with van der Waals surface area (Å²) in [6.07, 6.45) is 5.96. The first-order chi connectivity index (χ1) is 13.7. The second-order valence-electron chi connectivity index (χ2n) is 9.48. The van der Waals surface area contributed by atoms with Gasteiger partial charge >= 0.3 is 0 Å². The Labute approximate surface area is 171 Å². The van der Waals surface area contributed by atoms with Crippen molar-refractivity contribution >= 4 is 22.9 Å². The number of nitrogens with one attached hydrogen (secondary N) is 2. The van der Waals surface area contributed by atoms with Gasteiger partial charge in [-0.15, -0.1) is 0 Å². The molecule has 2 aliphatic carbocycles. The average molecular weight is 399 g/mol. The largest absolute Gasteiger partial charge is 0.351 e. The Bertz CT molecular complexity index is 949. The first-order valence-electron chi connectivity index (χ1n) is 10.6. The molecule has 1 fully saturated rings. The number of aryl methyl sites for hydroxylation is 2. The minimum atomic E-state index is -0.217. The third-order valence-corrected chi connectivity index (χ3v) is 5.98. The number of rotatable bonds is 3. The van der Waals surface area contributed by atoms with Crippen LogP contribution in [-0.4, -0.2) is 33.5 Å². The summed E-state index contributed by atoms with van der Waals surface area (Å²) in [7, 11) is 0. The van der Waals surface area contributed by atoms with Gasteiger partial charge in [0.25, 0.3) is 11.6 Å². The van der Waals surface area contributed by atoms with Crippen molar-refractivity contribution < 1.29 is 14.1 Å². The Hall–Kier alpha value is -2.44. The van der Waals surface area contributed by atoms with Crippen LogP contribution in [-0.2, 0) is 17.6 Å². The summed E-state index contributed by atoms with van der Waals surface area (Å²) in [6, 6.07) is 0.0848. The number of aromatic nitrogens is 2. The van der Waals surface area contributed by atoms with Crippen molar-refractivity contribution in [2.24, 2.45) is 5.92 Å². The number of nitrogens with zero attached hydrogens (tertiary/aromatic N) is 2. The van der Waals surface area contributed by atoms with Gasteiger partial charge < -0.3 is 15.2 Å². The van der Waals surface area contributed by atoms with E-state index in [0.29, 0.717) is 17.0 Å². The lowest BCUT2D eigenvalue weighted by Gasteiger charge is -2.31. The summed E-state index contributed by atoms with van der Waals surface area (Å²) in [4.78, 5) is 30.2. The van der Waals surface area contributed by atoms with E-state index in [1.807, 2.05) is 27.7 Å². The van der Waals surface area contributed by atoms with Gasteiger partial charge in [-0.1, -0.05) is 5.16 Å². The quantitative estimate of drug-likeness (QED) is 0.827. The lowest BCUT2D eigenvalue weighted by Crippen LogP contribution is -2.46. The fourth-order valence-corrected chi connectivity index (χ4v) is 4.60. The van der Waals surface area contributed by atoms with Crippen molar-refractivity contribution in [1.82, 2.24) is 20.8 Å². The van der Waals surface area contributed by atoms with Gasteiger partial charge in [0.05, 0.1) is 16.6 Å². The van der Waals surface area contributed by atoms with E-state index in [4.69, 9.17) is 4.52 Å². The second-order valence-corrected chi connectivity index (χ2v) is 9.48. The molecule has 29 heavy (non-hydrogen) atoms. The monoisotopic (exact) mass is 398 g/mol. The maximum Gasteiger partial charge on any atom is 0.259 e. The summed E-state index contributed by atoms with van der Waals surface area (Å²) in [5.74, 6) is 0.0834. The molecule has 2 aromatic rings. The van der Waals surface area contributed by atoms with Crippen LogP contribution in [0.2, 0.25) is 0 Å². The lowest BCUT2D eigenvalue weighted by atomic mass is 9.84. The maximum absolute atomic E-state index is 13.3. The Morgan fingerprint density at radius 3 is 2.52 bits per heavy atom. The molecule has 0 aliphatic heterocycles. The molecule has 156 valence electrons. The average Bonchev–Trinajstić information content (AvgIpc) is 3.25. The highest BCUT2D eigenvalue weighted by Gasteiger charge is 2.31. The second kappa shape index (κ2) is 7.43. The first-order valence-corrected chi connectivity index (χ1v) is 10.6. The first kappa shape index (κ1) is 19.9. The van der Waals surface area contributed by atoms with E-state index in [2.05, 4.69) is 20.8 Å². The topological polar surface area (TPSA) is 97.1 Å². The zero-order valence-corrected chi connectivity index (χ0v) is 17.7. The molecule has 4 rings (SSSR count). The van der Waals surface area contributed by atoms with Gasteiger partial charge in [0.1, 0.15) is 0 Å². The van der Waals surface area contributed by atoms with Crippen molar-refractivity contribution in [3.63, 3.8) is 0 Å². The minimum absolute atomic E-state index is 0.0274.